The first-order valence-corrected chi connectivity index (χ1v) is 3.58. The lowest BCUT2D eigenvalue weighted by molar-refractivity contribution is 1.22. The molecule has 1 aromatic heterocycles. The highest BCUT2D eigenvalue weighted by molar-refractivity contribution is 5.35. The van der Waals surface area contributed by atoms with Crippen molar-refractivity contribution in [3.63, 3.8) is 0 Å². The maximum absolute atomic E-state index is 4.18. The summed E-state index contributed by atoms with van der Waals surface area (Å²) in [6.45, 7) is 5.61. The molecule has 0 N–H and O–H groups in total. The maximum Gasteiger partial charge on any atom is 0.0659 e. The second-order valence-corrected chi connectivity index (χ2v) is 2.17. The van der Waals surface area contributed by atoms with E-state index in [2.05, 4.69) is 11.6 Å². The summed E-state index contributed by atoms with van der Waals surface area (Å²) < 4.78 is 0. The lowest BCUT2D eigenvalue weighted by atomic mass is 10.3. The van der Waals surface area contributed by atoms with Crippen LogP contribution >= 0.6 is 0 Å². The number of hydrogen-bond donors (Lipinski definition) is 0. The molecule has 0 aliphatic heterocycles. The number of aromatic nitrogens is 1. The first-order valence-electron chi connectivity index (χ1n) is 3.58. The van der Waals surface area contributed by atoms with Crippen molar-refractivity contribution in [3.8, 4) is 0 Å². The molecule has 11 heavy (non-hydrogen) atoms. The number of nitrogens with zero attached hydrogens (tertiary/aromatic N) is 1. The van der Waals surface area contributed by atoms with Gasteiger partial charge >= 0.3 is 0 Å². The Morgan fingerprint density at radius 1 is 1.55 bits per heavy atom. The molecule has 56 valence electrons. The molecule has 0 aliphatic carbocycles. The lowest BCUT2D eigenvalue weighted by Gasteiger charge is -1.85. The van der Waals surface area contributed by atoms with Crippen molar-refractivity contribution >= 4 is 12.2 Å². The summed E-state index contributed by atoms with van der Waals surface area (Å²) in [7, 11) is 0. The van der Waals surface area contributed by atoms with E-state index in [1.807, 2.05) is 31.2 Å². The molecule has 0 aliphatic rings. The first-order chi connectivity index (χ1) is 5.38. The predicted molar refractivity (Wildman–Crippen MR) is 48.3 cm³/mol. The molecule has 0 unspecified atom stereocenters. The van der Waals surface area contributed by atoms with Crippen LogP contribution in [0.3, 0.4) is 0 Å². The standard InChI is InChI=1S/C10H11N/c1-3-6-9-7-5-8-11-10(9)4-2/h3-8H,1H2,2H3. The summed E-state index contributed by atoms with van der Waals surface area (Å²) in [6, 6.07) is 3.94. The Morgan fingerprint density at radius 3 is 3.00 bits per heavy atom. The second-order valence-electron chi connectivity index (χ2n) is 2.17. The third-order valence-corrected chi connectivity index (χ3v) is 1.44. The summed E-state index contributed by atoms with van der Waals surface area (Å²) in [5.41, 5.74) is 0. The Balaban J connectivity index is 3.48. The fraction of sp³-hybridized carbons (Fsp3) is 0.100. The van der Waals surface area contributed by atoms with E-state index in [0.717, 1.165) is 10.6 Å². The molecule has 0 fully saturated rings. The molecule has 1 nitrogen and oxygen atoms in total. The molecule has 0 spiro atoms. The van der Waals surface area contributed by atoms with Gasteiger partial charge in [0.2, 0.25) is 0 Å². The zero-order valence-electron chi connectivity index (χ0n) is 6.62. The number of pyridine rings is 1. The smallest absolute Gasteiger partial charge is 0.0659 e. The van der Waals surface area contributed by atoms with Crippen molar-refractivity contribution in [2.75, 3.05) is 0 Å². The molecule has 0 saturated carbocycles. The Hall–Kier alpha value is -1.37. The monoisotopic (exact) mass is 145 g/mol. The van der Waals surface area contributed by atoms with Crippen LogP contribution in [0, 0.1) is 0 Å². The molecule has 1 heterocycles. The Morgan fingerprint density at radius 2 is 2.36 bits per heavy atom. The predicted octanol–water partition coefficient (Wildman–Crippen LogP) is 0.849. The second kappa shape index (κ2) is 3.71. The van der Waals surface area contributed by atoms with Crippen molar-refractivity contribution in [2.24, 2.45) is 0 Å². The van der Waals surface area contributed by atoms with Gasteiger partial charge in [-0.15, -0.1) is 0 Å². The summed E-state index contributed by atoms with van der Waals surface area (Å²) in [4.78, 5) is 4.18. The summed E-state index contributed by atoms with van der Waals surface area (Å²) in [6.07, 6.45) is 7.48. The fourth-order valence-corrected chi connectivity index (χ4v) is 0.939. The van der Waals surface area contributed by atoms with Crippen molar-refractivity contribution in [2.45, 2.75) is 6.92 Å². The largest absolute Gasteiger partial charge is 0.257 e. The quantitative estimate of drug-likeness (QED) is 0.571. The van der Waals surface area contributed by atoms with Crippen LogP contribution in [-0.4, -0.2) is 4.98 Å². The van der Waals surface area contributed by atoms with Crippen molar-refractivity contribution in [1.29, 1.82) is 0 Å². The molecule has 0 aromatic carbocycles. The van der Waals surface area contributed by atoms with Gasteiger partial charge in [0.05, 0.1) is 5.35 Å². The highest BCUT2D eigenvalue weighted by atomic mass is 14.6. The maximum atomic E-state index is 4.18. The van der Waals surface area contributed by atoms with Crippen LogP contribution in [0.25, 0.3) is 12.2 Å². The Labute approximate surface area is 66.4 Å². The zero-order chi connectivity index (χ0) is 8.10. The molecule has 0 radical (unpaired) electrons. The third-order valence-electron chi connectivity index (χ3n) is 1.44. The van der Waals surface area contributed by atoms with E-state index in [4.69, 9.17) is 0 Å². The van der Waals surface area contributed by atoms with Gasteiger partial charge in [-0.1, -0.05) is 30.9 Å². The number of rotatable bonds is 1. The van der Waals surface area contributed by atoms with Crippen molar-refractivity contribution in [3.05, 3.63) is 41.6 Å². The molecule has 0 amide bonds. The van der Waals surface area contributed by atoms with Crippen molar-refractivity contribution in [1.82, 2.24) is 4.98 Å². The van der Waals surface area contributed by atoms with Crippen LogP contribution in [0.5, 0.6) is 0 Å². The SMILES string of the molecule is C=CC=c1cccnc1=CC. The Bertz CT molecular complexity index is 349. The first kappa shape index (κ1) is 7.73. The van der Waals surface area contributed by atoms with Gasteiger partial charge in [-0.3, -0.25) is 4.98 Å². The molecule has 0 atom stereocenters. The molecule has 1 aromatic rings. The minimum absolute atomic E-state index is 1.01. The molecule has 0 saturated heterocycles. The molecular formula is C10H11N. The molecule has 1 heteroatoms. The van der Waals surface area contributed by atoms with Gasteiger partial charge in [0.25, 0.3) is 0 Å². The van der Waals surface area contributed by atoms with Crippen LogP contribution in [0.4, 0.5) is 0 Å². The van der Waals surface area contributed by atoms with Gasteiger partial charge in [-0.2, -0.15) is 0 Å². The average molecular weight is 145 g/mol. The molecular weight excluding hydrogens is 134 g/mol. The minimum Gasteiger partial charge on any atom is -0.257 e. The van der Waals surface area contributed by atoms with Crippen LogP contribution in [0.1, 0.15) is 6.92 Å². The number of allylic oxidation sites excluding steroid dienone is 1. The van der Waals surface area contributed by atoms with E-state index < -0.39 is 0 Å². The normalized spacial score (nSPS) is 13.5. The van der Waals surface area contributed by atoms with Gasteiger partial charge in [0.1, 0.15) is 0 Å². The van der Waals surface area contributed by atoms with E-state index in [-0.39, 0.29) is 0 Å². The van der Waals surface area contributed by atoms with E-state index in [1.165, 1.54) is 0 Å². The van der Waals surface area contributed by atoms with Crippen LogP contribution in [0.15, 0.2) is 31.0 Å². The highest BCUT2D eigenvalue weighted by Gasteiger charge is 1.79. The summed E-state index contributed by atoms with van der Waals surface area (Å²) in [5, 5.41) is 2.12. The van der Waals surface area contributed by atoms with Crippen molar-refractivity contribution < 1.29 is 0 Å². The molecule has 1 rings (SSSR count). The minimum atomic E-state index is 1.01. The average Bonchev–Trinajstić information content (AvgIpc) is 2.06. The van der Waals surface area contributed by atoms with Gasteiger partial charge in [0.15, 0.2) is 0 Å². The van der Waals surface area contributed by atoms with Gasteiger partial charge in [-0.25, -0.2) is 0 Å². The highest BCUT2D eigenvalue weighted by Crippen LogP contribution is 1.68. The zero-order valence-corrected chi connectivity index (χ0v) is 6.62. The van der Waals surface area contributed by atoms with Crippen LogP contribution in [0.2, 0.25) is 0 Å². The van der Waals surface area contributed by atoms with Gasteiger partial charge in [-0.05, 0) is 18.2 Å². The van der Waals surface area contributed by atoms with E-state index in [9.17, 15) is 0 Å². The third kappa shape index (κ3) is 1.77. The Kier molecular flexibility index (Phi) is 2.61. The van der Waals surface area contributed by atoms with E-state index >= 15 is 0 Å². The fourth-order valence-electron chi connectivity index (χ4n) is 0.939. The molecule has 0 bridgehead atoms. The van der Waals surface area contributed by atoms with E-state index in [1.54, 1.807) is 12.3 Å². The van der Waals surface area contributed by atoms with Gasteiger partial charge < -0.3 is 0 Å². The van der Waals surface area contributed by atoms with E-state index in [0.29, 0.717) is 0 Å². The van der Waals surface area contributed by atoms with Gasteiger partial charge in [0, 0.05) is 6.20 Å². The van der Waals surface area contributed by atoms with Crippen LogP contribution in [-0.2, 0) is 0 Å². The lowest BCUT2D eigenvalue weighted by Crippen LogP contribution is -2.26. The number of hydrogen-bond acceptors (Lipinski definition) is 1. The van der Waals surface area contributed by atoms with Crippen LogP contribution < -0.4 is 10.6 Å². The summed E-state index contributed by atoms with van der Waals surface area (Å²) >= 11 is 0. The summed E-state index contributed by atoms with van der Waals surface area (Å²) in [5.74, 6) is 0. The topological polar surface area (TPSA) is 12.9 Å².